The molecule has 20 heavy (non-hydrogen) atoms. The zero-order valence-corrected chi connectivity index (χ0v) is 12.5. The Bertz CT molecular complexity index is 747. The van der Waals surface area contributed by atoms with E-state index in [1.807, 2.05) is 47.3 Å². The van der Waals surface area contributed by atoms with Gasteiger partial charge in [0.1, 0.15) is 17.3 Å². The van der Waals surface area contributed by atoms with Crippen LogP contribution in [0.5, 0.6) is 5.75 Å². The Morgan fingerprint density at radius 3 is 3.10 bits per heavy atom. The van der Waals surface area contributed by atoms with Gasteiger partial charge < -0.3 is 10.5 Å². The van der Waals surface area contributed by atoms with E-state index < -0.39 is 0 Å². The number of nitrogens with two attached hydrogens (primary N) is 1. The lowest BCUT2D eigenvalue weighted by Gasteiger charge is -2.09. The summed E-state index contributed by atoms with van der Waals surface area (Å²) >= 11 is 6.58. The van der Waals surface area contributed by atoms with Gasteiger partial charge in [-0.15, -0.1) is 11.3 Å². The highest BCUT2D eigenvalue weighted by atomic mass is 32.1. The number of rotatable bonds is 4. The molecule has 0 amide bonds. The third-order valence-corrected chi connectivity index (χ3v) is 4.00. The molecule has 3 aromatic rings. The lowest BCUT2D eigenvalue weighted by molar-refractivity contribution is 0.300. The number of imidazole rings is 1. The molecular weight excluding hydrogens is 290 g/mol. The van der Waals surface area contributed by atoms with Gasteiger partial charge in [0.2, 0.25) is 0 Å². The molecule has 0 aliphatic heterocycles. The minimum absolute atomic E-state index is 0.373. The van der Waals surface area contributed by atoms with Crippen molar-refractivity contribution in [2.24, 2.45) is 5.73 Å². The van der Waals surface area contributed by atoms with Crippen LogP contribution >= 0.6 is 23.6 Å². The number of hydrogen-bond donors (Lipinski definition) is 1. The van der Waals surface area contributed by atoms with Crippen LogP contribution in [0.4, 0.5) is 0 Å². The highest BCUT2D eigenvalue weighted by molar-refractivity contribution is 7.80. The Hall–Kier alpha value is -1.92. The molecule has 0 atom stereocenters. The van der Waals surface area contributed by atoms with Crippen LogP contribution in [0, 0.1) is 6.92 Å². The molecule has 0 aliphatic carbocycles. The van der Waals surface area contributed by atoms with Crippen LogP contribution in [0.15, 0.2) is 36.0 Å². The fraction of sp³-hybridized carbons (Fsp3) is 0.143. The summed E-state index contributed by atoms with van der Waals surface area (Å²) in [6.45, 7) is 2.42. The van der Waals surface area contributed by atoms with Crippen molar-refractivity contribution in [3.05, 3.63) is 52.8 Å². The zero-order chi connectivity index (χ0) is 14.1. The molecule has 0 saturated heterocycles. The number of fused-ring (bicyclic) bond motifs is 1. The molecule has 6 heteroatoms. The van der Waals surface area contributed by atoms with Crippen molar-refractivity contribution < 1.29 is 4.74 Å². The number of benzene rings is 1. The molecule has 2 heterocycles. The number of hydrogen-bond acceptors (Lipinski definition) is 4. The topological polar surface area (TPSA) is 52.5 Å². The van der Waals surface area contributed by atoms with Gasteiger partial charge in [0.15, 0.2) is 4.96 Å². The SMILES string of the molecule is Cc1ccc(C(N)=S)cc1OCc1cn2ccsc2n1. The molecule has 1 aromatic carbocycles. The Kier molecular flexibility index (Phi) is 3.42. The number of ether oxygens (including phenoxy) is 1. The maximum absolute atomic E-state index is 5.83. The highest BCUT2D eigenvalue weighted by Crippen LogP contribution is 2.21. The summed E-state index contributed by atoms with van der Waals surface area (Å²) in [7, 11) is 0. The highest BCUT2D eigenvalue weighted by Gasteiger charge is 2.07. The van der Waals surface area contributed by atoms with Crippen LogP contribution in [-0.2, 0) is 6.61 Å². The molecule has 2 aromatic heterocycles. The van der Waals surface area contributed by atoms with Gasteiger partial charge in [0, 0.05) is 23.3 Å². The molecule has 2 N–H and O–H groups in total. The molecule has 0 bridgehead atoms. The van der Waals surface area contributed by atoms with Gasteiger partial charge in [-0.1, -0.05) is 24.4 Å². The van der Waals surface area contributed by atoms with E-state index in [1.54, 1.807) is 11.3 Å². The number of thiocarbonyl (C=S) groups is 1. The average molecular weight is 303 g/mol. The van der Waals surface area contributed by atoms with Crippen molar-refractivity contribution in [2.75, 3.05) is 0 Å². The second kappa shape index (κ2) is 5.22. The summed E-state index contributed by atoms with van der Waals surface area (Å²) < 4.78 is 7.81. The monoisotopic (exact) mass is 303 g/mol. The first-order valence-electron chi connectivity index (χ1n) is 6.08. The van der Waals surface area contributed by atoms with Crippen LogP contribution in [0.2, 0.25) is 0 Å². The van der Waals surface area contributed by atoms with Crippen molar-refractivity contribution in [1.29, 1.82) is 0 Å². The second-order valence-corrected chi connectivity index (χ2v) is 5.77. The number of nitrogens with zero attached hydrogens (tertiary/aromatic N) is 2. The molecule has 102 valence electrons. The van der Waals surface area contributed by atoms with Gasteiger partial charge in [-0.3, -0.25) is 4.40 Å². The molecule has 0 unspecified atom stereocenters. The first-order valence-corrected chi connectivity index (χ1v) is 7.36. The van der Waals surface area contributed by atoms with Crippen molar-refractivity contribution in [3.63, 3.8) is 0 Å². The maximum atomic E-state index is 5.83. The number of thiazole rings is 1. The van der Waals surface area contributed by atoms with E-state index in [9.17, 15) is 0 Å². The van der Waals surface area contributed by atoms with E-state index in [2.05, 4.69) is 4.98 Å². The second-order valence-electron chi connectivity index (χ2n) is 4.46. The number of aryl methyl sites for hydroxylation is 1. The Labute approximate surface area is 125 Å². The van der Waals surface area contributed by atoms with E-state index >= 15 is 0 Å². The Morgan fingerprint density at radius 2 is 2.35 bits per heavy atom. The minimum Gasteiger partial charge on any atom is -0.487 e. The first-order chi connectivity index (χ1) is 9.63. The van der Waals surface area contributed by atoms with Crippen LogP contribution in [0.1, 0.15) is 16.8 Å². The zero-order valence-electron chi connectivity index (χ0n) is 10.9. The van der Waals surface area contributed by atoms with Crippen molar-refractivity contribution in [1.82, 2.24) is 9.38 Å². The summed E-state index contributed by atoms with van der Waals surface area (Å²) in [5.74, 6) is 0.784. The normalized spacial score (nSPS) is 10.8. The predicted octanol–water partition coefficient (Wildman–Crippen LogP) is 2.92. The summed E-state index contributed by atoms with van der Waals surface area (Å²) in [5.41, 5.74) is 8.40. The lowest BCUT2D eigenvalue weighted by Crippen LogP contribution is -2.09. The van der Waals surface area contributed by atoms with Gasteiger partial charge in [-0.2, -0.15) is 0 Å². The third kappa shape index (κ3) is 2.52. The summed E-state index contributed by atoms with van der Waals surface area (Å²) in [6.07, 6.45) is 3.95. The smallest absolute Gasteiger partial charge is 0.193 e. The van der Waals surface area contributed by atoms with Crippen LogP contribution in [0.3, 0.4) is 0 Å². The van der Waals surface area contributed by atoms with Gasteiger partial charge in [0.25, 0.3) is 0 Å². The van der Waals surface area contributed by atoms with E-state index in [0.29, 0.717) is 11.6 Å². The van der Waals surface area contributed by atoms with Gasteiger partial charge in [0.05, 0.1) is 5.69 Å². The van der Waals surface area contributed by atoms with Gasteiger partial charge >= 0.3 is 0 Å². The molecule has 4 nitrogen and oxygen atoms in total. The fourth-order valence-electron chi connectivity index (χ4n) is 1.91. The third-order valence-electron chi connectivity index (χ3n) is 2.99. The fourth-order valence-corrected chi connectivity index (χ4v) is 2.75. The van der Waals surface area contributed by atoms with E-state index in [4.69, 9.17) is 22.7 Å². The molecule has 3 rings (SSSR count). The Morgan fingerprint density at radius 1 is 1.50 bits per heavy atom. The molecule has 0 aliphatic rings. The van der Waals surface area contributed by atoms with E-state index in [0.717, 1.165) is 27.5 Å². The largest absolute Gasteiger partial charge is 0.487 e. The predicted molar refractivity (Wildman–Crippen MR) is 84.5 cm³/mol. The summed E-state index contributed by atoms with van der Waals surface area (Å²) in [4.78, 5) is 5.82. The quantitative estimate of drug-likeness (QED) is 0.753. The van der Waals surface area contributed by atoms with Crippen LogP contribution in [0.25, 0.3) is 4.96 Å². The molecular formula is C14H13N3OS2. The first kappa shape index (κ1) is 13.1. The molecule has 0 saturated carbocycles. The summed E-state index contributed by atoms with van der Waals surface area (Å²) in [5, 5.41) is 2.00. The molecule has 0 radical (unpaired) electrons. The summed E-state index contributed by atoms with van der Waals surface area (Å²) in [6, 6.07) is 5.72. The average Bonchev–Trinajstić information content (AvgIpc) is 2.98. The van der Waals surface area contributed by atoms with Gasteiger partial charge in [-0.25, -0.2) is 4.98 Å². The maximum Gasteiger partial charge on any atom is 0.193 e. The van der Waals surface area contributed by atoms with Gasteiger partial charge in [-0.05, 0) is 18.6 Å². The van der Waals surface area contributed by atoms with Crippen molar-refractivity contribution in [3.8, 4) is 5.75 Å². The van der Waals surface area contributed by atoms with E-state index in [-0.39, 0.29) is 0 Å². The Balaban J connectivity index is 1.79. The van der Waals surface area contributed by atoms with Crippen LogP contribution < -0.4 is 10.5 Å². The molecule has 0 spiro atoms. The van der Waals surface area contributed by atoms with Crippen molar-refractivity contribution in [2.45, 2.75) is 13.5 Å². The van der Waals surface area contributed by atoms with Crippen molar-refractivity contribution >= 4 is 33.5 Å². The standard InChI is InChI=1S/C14H13N3OS2/c1-9-2-3-10(13(15)19)6-12(9)18-8-11-7-17-4-5-20-14(17)16-11/h2-7H,8H2,1H3,(H2,15,19). The lowest BCUT2D eigenvalue weighted by atomic mass is 10.1. The number of aromatic nitrogens is 2. The minimum atomic E-state index is 0.373. The van der Waals surface area contributed by atoms with Crippen LogP contribution in [-0.4, -0.2) is 14.4 Å². The molecule has 0 fully saturated rings. The van der Waals surface area contributed by atoms with E-state index in [1.165, 1.54) is 0 Å².